The van der Waals surface area contributed by atoms with Crippen molar-refractivity contribution in [3.05, 3.63) is 48.2 Å². The van der Waals surface area contributed by atoms with Crippen LogP contribution in [0.5, 0.6) is 0 Å². The summed E-state index contributed by atoms with van der Waals surface area (Å²) >= 11 is 0. The molecule has 0 fully saturated rings. The summed E-state index contributed by atoms with van der Waals surface area (Å²) in [5.41, 5.74) is 2.32. The Bertz CT molecular complexity index is 783. The smallest absolute Gasteiger partial charge is 0.321 e. The summed E-state index contributed by atoms with van der Waals surface area (Å²) in [6.45, 7) is 9.08. The van der Waals surface area contributed by atoms with Crippen molar-refractivity contribution in [2.75, 3.05) is 7.11 Å². The number of aromatic amines is 1. The second-order valence-corrected chi connectivity index (χ2v) is 6.96. The van der Waals surface area contributed by atoms with Crippen LogP contribution in [0.4, 0.5) is 0 Å². The fourth-order valence-electron chi connectivity index (χ4n) is 2.77. The van der Waals surface area contributed by atoms with Gasteiger partial charge in [-0.2, -0.15) is 0 Å². The Hall–Kier alpha value is -2.56. The van der Waals surface area contributed by atoms with Crippen LogP contribution in [0.1, 0.15) is 31.9 Å². The van der Waals surface area contributed by atoms with E-state index in [1.54, 1.807) is 20.8 Å². The summed E-state index contributed by atoms with van der Waals surface area (Å²) in [6, 6.07) is 5.95. The molecule has 0 aliphatic heterocycles. The van der Waals surface area contributed by atoms with Crippen LogP contribution in [-0.2, 0) is 31.9 Å². The number of carbonyl (C=O) groups is 2. The quantitative estimate of drug-likeness (QED) is 0.495. The lowest BCUT2D eigenvalue weighted by Gasteiger charge is -2.22. The van der Waals surface area contributed by atoms with Gasteiger partial charge in [-0.3, -0.25) is 9.59 Å². The SMILES string of the molecule is C=CCc1cccc2c(C[C@H](C(=O)OC)C(=O)OC(C)(C)C)c[nH]c12. The topological polar surface area (TPSA) is 68.4 Å². The van der Waals surface area contributed by atoms with Gasteiger partial charge in [0.15, 0.2) is 5.92 Å². The molecule has 25 heavy (non-hydrogen) atoms. The van der Waals surface area contributed by atoms with Crippen LogP contribution in [0.15, 0.2) is 37.1 Å². The number of nitrogens with one attached hydrogen (secondary N) is 1. The molecule has 2 rings (SSSR count). The number of rotatable bonds is 6. The molecular formula is C20H25NO4. The molecule has 1 heterocycles. The number of aromatic nitrogens is 1. The predicted molar refractivity (Wildman–Crippen MR) is 97.3 cm³/mol. The van der Waals surface area contributed by atoms with Gasteiger partial charge < -0.3 is 14.5 Å². The summed E-state index contributed by atoms with van der Waals surface area (Å²) in [6.07, 6.45) is 4.63. The number of hydrogen-bond acceptors (Lipinski definition) is 4. The van der Waals surface area contributed by atoms with Gasteiger partial charge in [-0.1, -0.05) is 24.3 Å². The van der Waals surface area contributed by atoms with Crippen LogP contribution in [-0.4, -0.2) is 29.6 Å². The summed E-state index contributed by atoms with van der Waals surface area (Å²) in [4.78, 5) is 27.8. The zero-order valence-corrected chi connectivity index (χ0v) is 15.2. The molecule has 0 amide bonds. The third kappa shape index (κ3) is 4.50. The number of H-pyrrole nitrogens is 1. The Morgan fingerprint density at radius 1 is 1.24 bits per heavy atom. The molecule has 0 aliphatic carbocycles. The largest absolute Gasteiger partial charge is 0.468 e. The number of ether oxygens (including phenoxy) is 2. The van der Waals surface area contributed by atoms with E-state index >= 15 is 0 Å². The van der Waals surface area contributed by atoms with Gasteiger partial charge in [0, 0.05) is 17.1 Å². The van der Waals surface area contributed by atoms with Crippen molar-refractivity contribution in [1.82, 2.24) is 4.98 Å². The first-order valence-corrected chi connectivity index (χ1v) is 8.26. The highest BCUT2D eigenvalue weighted by Gasteiger charge is 2.33. The van der Waals surface area contributed by atoms with E-state index in [-0.39, 0.29) is 6.42 Å². The van der Waals surface area contributed by atoms with E-state index < -0.39 is 23.5 Å². The van der Waals surface area contributed by atoms with Crippen LogP contribution in [0.3, 0.4) is 0 Å². The first kappa shape index (κ1) is 18.8. The number of fused-ring (bicyclic) bond motifs is 1. The van der Waals surface area contributed by atoms with Crippen LogP contribution < -0.4 is 0 Å². The molecule has 5 heteroatoms. The number of methoxy groups -OCH3 is 1. The van der Waals surface area contributed by atoms with Gasteiger partial charge in [-0.15, -0.1) is 6.58 Å². The molecule has 0 radical (unpaired) electrons. The number of carbonyl (C=O) groups excluding carboxylic acids is 2. The van der Waals surface area contributed by atoms with Crippen molar-refractivity contribution in [1.29, 1.82) is 0 Å². The van der Waals surface area contributed by atoms with Gasteiger partial charge in [0.1, 0.15) is 5.60 Å². The molecule has 0 saturated carbocycles. The molecule has 134 valence electrons. The molecule has 1 aromatic carbocycles. The minimum atomic E-state index is -0.994. The lowest BCUT2D eigenvalue weighted by atomic mass is 9.97. The van der Waals surface area contributed by atoms with E-state index in [2.05, 4.69) is 11.6 Å². The van der Waals surface area contributed by atoms with E-state index in [0.29, 0.717) is 0 Å². The molecule has 0 saturated heterocycles. The van der Waals surface area contributed by atoms with E-state index in [9.17, 15) is 9.59 Å². The Labute approximate surface area is 148 Å². The van der Waals surface area contributed by atoms with Gasteiger partial charge >= 0.3 is 11.9 Å². The van der Waals surface area contributed by atoms with Gasteiger partial charge in [-0.05, 0) is 44.7 Å². The van der Waals surface area contributed by atoms with E-state index in [1.807, 2.05) is 30.5 Å². The minimum absolute atomic E-state index is 0.221. The highest BCUT2D eigenvalue weighted by molar-refractivity contribution is 5.96. The fraction of sp³-hybridized carbons (Fsp3) is 0.400. The second-order valence-electron chi connectivity index (χ2n) is 6.96. The fourth-order valence-corrected chi connectivity index (χ4v) is 2.77. The first-order chi connectivity index (χ1) is 11.8. The van der Waals surface area contributed by atoms with Crippen molar-refractivity contribution in [2.24, 2.45) is 5.92 Å². The maximum Gasteiger partial charge on any atom is 0.321 e. The zero-order chi connectivity index (χ0) is 18.6. The third-order valence-corrected chi connectivity index (χ3v) is 3.85. The molecular weight excluding hydrogens is 318 g/mol. The molecule has 5 nitrogen and oxygen atoms in total. The molecule has 1 atom stereocenters. The average Bonchev–Trinajstić information content (AvgIpc) is 2.94. The molecule has 1 aromatic heterocycles. The van der Waals surface area contributed by atoms with Gasteiger partial charge in [0.2, 0.25) is 0 Å². The minimum Gasteiger partial charge on any atom is -0.468 e. The molecule has 0 spiro atoms. The summed E-state index contributed by atoms with van der Waals surface area (Å²) in [7, 11) is 1.27. The van der Waals surface area contributed by atoms with Gasteiger partial charge in [-0.25, -0.2) is 0 Å². The predicted octanol–water partition coefficient (Wildman–Crippen LogP) is 3.57. The highest BCUT2D eigenvalue weighted by Crippen LogP contribution is 2.26. The second kappa shape index (κ2) is 7.55. The average molecular weight is 343 g/mol. The molecule has 2 aromatic rings. The standard InChI is InChI=1S/C20H25NO4/c1-6-8-13-9-7-10-15-14(12-21-17(13)15)11-16(18(22)24-5)19(23)25-20(2,3)4/h6-7,9-10,12,16,21H,1,8,11H2,2-5H3/t16-/m1/s1. The number of allylic oxidation sites excluding steroid dienone is 1. The Morgan fingerprint density at radius 3 is 2.56 bits per heavy atom. The van der Waals surface area contributed by atoms with Crippen molar-refractivity contribution in [2.45, 2.75) is 39.2 Å². The molecule has 0 bridgehead atoms. The molecule has 0 unspecified atom stereocenters. The van der Waals surface area contributed by atoms with E-state index in [1.165, 1.54) is 7.11 Å². The highest BCUT2D eigenvalue weighted by atomic mass is 16.6. The van der Waals surface area contributed by atoms with Crippen molar-refractivity contribution >= 4 is 22.8 Å². The van der Waals surface area contributed by atoms with Crippen LogP contribution in [0, 0.1) is 5.92 Å². The van der Waals surface area contributed by atoms with Crippen molar-refractivity contribution < 1.29 is 19.1 Å². The molecule has 0 aliphatic rings. The number of benzene rings is 1. The Balaban J connectivity index is 2.34. The monoisotopic (exact) mass is 343 g/mol. The number of esters is 2. The van der Waals surface area contributed by atoms with Crippen LogP contribution in [0.25, 0.3) is 10.9 Å². The molecule has 1 N–H and O–H groups in total. The van der Waals surface area contributed by atoms with E-state index in [4.69, 9.17) is 9.47 Å². The van der Waals surface area contributed by atoms with E-state index in [0.717, 1.165) is 28.5 Å². The lowest BCUT2D eigenvalue weighted by molar-refractivity contribution is -0.168. The van der Waals surface area contributed by atoms with Crippen LogP contribution >= 0.6 is 0 Å². The third-order valence-electron chi connectivity index (χ3n) is 3.85. The normalized spacial score (nSPS) is 12.6. The summed E-state index contributed by atoms with van der Waals surface area (Å²) in [5.74, 6) is -2.16. The zero-order valence-electron chi connectivity index (χ0n) is 15.2. The Morgan fingerprint density at radius 2 is 1.96 bits per heavy atom. The summed E-state index contributed by atoms with van der Waals surface area (Å²) in [5, 5.41) is 0.983. The number of hydrogen-bond donors (Lipinski definition) is 1. The Kier molecular flexibility index (Phi) is 5.67. The first-order valence-electron chi connectivity index (χ1n) is 8.26. The maximum absolute atomic E-state index is 12.4. The van der Waals surface area contributed by atoms with Gasteiger partial charge in [0.25, 0.3) is 0 Å². The van der Waals surface area contributed by atoms with Crippen molar-refractivity contribution in [3.8, 4) is 0 Å². The van der Waals surface area contributed by atoms with Crippen LogP contribution in [0.2, 0.25) is 0 Å². The summed E-state index contributed by atoms with van der Waals surface area (Å²) < 4.78 is 10.2. The van der Waals surface area contributed by atoms with Gasteiger partial charge in [0.05, 0.1) is 7.11 Å². The van der Waals surface area contributed by atoms with Crippen molar-refractivity contribution in [3.63, 3.8) is 0 Å². The lowest BCUT2D eigenvalue weighted by Crippen LogP contribution is -2.34. The maximum atomic E-state index is 12.4. The number of para-hydroxylation sites is 1.